The minimum absolute atomic E-state index is 0.523. The van der Waals surface area contributed by atoms with E-state index >= 15 is 0 Å². The number of benzene rings is 3. The zero-order chi connectivity index (χ0) is 21.1. The molecule has 0 bridgehead atoms. The summed E-state index contributed by atoms with van der Waals surface area (Å²) in [6, 6.07) is 23.4. The monoisotopic (exact) mass is 424 g/mol. The van der Waals surface area contributed by atoms with Crippen molar-refractivity contribution in [3.05, 3.63) is 102 Å². The number of hydrogen-bond acceptors (Lipinski definition) is 2. The molecule has 3 aromatic carbocycles. The van der Waals surface area contributed by atoms with Gasteiger partial charge >= 0.3 is 6.18 Å². The van der Waals surface area contributed by atoms with Crippen molar-refractivity contribution in [2.75, 3.05) is 0 Å². The van der Waals surface area contributed by atoms with E-state index in [4.69, 9.17) is 4.98 Å². The first-order valence-electron chi connectivity index (χ1n) is 9.41. The van der Waals surface area contributed by atoms with Gasteiger partial charge in [-0.25, -0.2) is 4.98 Å². The Morgan fingerprint density at radius 3 is 2.17 bits per heavy atom. The van der Waals surface area contributed by atoms with E-state index in [1.54, 1.807) is 0 Å². The average molecular weight is 424 g/mol. The SMILES string of the molecule is Cc1ccc(-n2cc(-c3ccccc3)nc2SCc2ccc(C(F)(F)F)cc2)cc1. The van der Waals surface area contributed by atoms with Crippen LogP contribution in [0.15, 0.2) is 90.2 Å². The number of aromatic nitrogens is 2. The normalized spacial score (nSPS) is 11.6. The third kappa shape index (κ3) is 4.60. The Morgan fingerprint density at radius 2 is 1.53 bits per heavy atom. The summed E-state index contributed by atoms with van der Waals surface area (Å²) in [5, 5.41) is 0.789. The molecule has 0 N–H and O–H groups in total. The van der Waals surface area contributed by atoms with Crippen LogP contribution in [0.3, 0.4) is 0 Å². The van der Waals surface area contributed by atoms with Crippen LogP contribution in [0.25, 0.3) is 16.9 Å². The van der Waals surface area contributed by atoms with Gasteiger partial charge in [0.15, 0.2) is 5.16 Å². The molecule has 1 heterocycles. The quantitative estimate of drug-likeness (QED) is 0.316. The van der Waals surface area contributed by atoms with Crippen LogP contribution in [-0.4, -0.2) is 9.55 Å². The van der Waals surface area contributed by atoms with Crippen molar-refractivity contribution in [3.63, 3.8) is 0 Å². The Balaban J connectivity index is 1.62. The molecular formula is C24H19F3N2S. The number of thioether (sulfide) groups is 1. The summed E-state index contributed by atoms with van der Waals surface area (Å²) < 4.78 is 40.4. The van der Waals surface area contributed by atoms with Crippen LogP contribution >= 0.6 is 11.8 Å². The van der Waals surface area contributed by atoms with Crippen molar-refractivity contribution in [3.8, 4) is 16.9 Å². The highest BCUT2D eigenvalue weighted by Crippen LogP contribution is 2.32. The fourth-order valence-corrected chi connectivity index (χ4v) is 3.99. The summed E-state index contributed by atoms with van der Waals surface area (Å²) in [6.07, 6.45) is -2.33. The second kappa shape index (κ2) is 8.40. The summed E-state index contributed by atoms with van der Waals surface area (Å²) in [6.45, 7) is 2.04. The van der Waals surface area contributed by atoms with Crippen molar-refractivity contribution >= 4 is 11.8 Å². The molecule has 1 aromatic heterocycles. The standard InChI is InChI=1S/C24H19F3N2S/c1-17-7-13-21(14-8-17)29-15-22(19-5-3-2-4-6-19)28-23(29)30-16-18-9-11-20(12-10-18)24(25,26)27/h2-15H,16H2,1H3. The predicted octanol–water partition coefficient (Wildman–Crippen LogP) is 7.16. The molecule has 0 unspecified atom stereocenters. The molecule has 0 aliphatic rings. The molecule has 0 saturated carbocycles. The number of alkyl halides is 3. The Labute approximate surface area is 177 Å². The summed E-state index contributed by atoms with van der Waals surface area (Å²) in [5.74, 6) is 0.523. The van der Waals surface area contributed by atoms with Gasteiger partial charge in [0.2, 0.25) is 0 Å². The zero-order valence-corrected chi connectivity index (χ0v) is 17.0. The van der Waals surface area contributed by atoms with Crippen LogP contribution in [-0.2, 0) is 11.9 Å². The van der Waals surface area contributed by atoms with Crippen molar-refractivity contribution in [2.45, 2.75) is 24.0 Å². The highest BCUT2D eigenvalue weighted by atomic mass is 32.2. The van der Waals surface area contributed by atoms with E-state index in [9.17, 15) is 13.2 Å². The molecule has 0 radical (unpaired) electrons. The van der Waals surface area contributed by atoms with E-state index < -0.39 is 11.7 Å². The predicted molar refractivity (Wildman–Crippen MR) is 115 cm³/mol. The fraction of sp³-hybridized carbons (Fsp3) is 0.125. The molecule has 0 atom stereocenters. The van der Waals surface area contributed by atoms with E-state index in [2.05, 4.69) is 0 Å². The molecular weight excluding hydrogens is 405 g/mol. The summed E-state index contributed by atoms with van der Waals surface area (Å²) >= 11 is 1.50. The van der Waals surface area contributed by atoms with E-state index in [1.807, 2.05) is 72.3 Å². The van der Waals surface area contributed by atoms with Gasteiger partial charge in [0.1, 0.15) is 0 Å². The molecule has 0 saturated heterocycles. The van der Waals surface area contributed by atoms with Crippen molar-refractivity contribution in [2.24, 2.45) is 0 Å². The number of aryl methyl sites for hydroxylation is 1. The van der Waals surface area contributed by atoms with Crippen LogP contribution in [0.4, 0.5) is 13.2 Å². The molecule has 0 fully saturated rings. The third-order valence-corrected chi connectivity index (χ3v) is 5.73. The van der Waals surface area contributed by atoms with Crippen LogP contribution in [0.1, 0.15) is 16.7 Å². The van der Waals surface area contributed by atoms with Gasteiger partial charge in [-0.2, -0.15) is 13.2 Å². The Morgan fingerprint density at radius 1 is 0.867 bits per heavy atom. The van der Waals surface area contributed by atoms with Crippen molar-refractivity contribution in [1.29, 1.82) is 0 Å². The third-order valence-electron chi connectivity index (χ3n) is 4.70. The first kappa shape index (κ1) is 20.3. The number of imidazole rings is 1. The van der Waals surface area contributed by atoms with Gasteiger partial charge in [-0.15, -0.1) is 0 Å². The molecule has 30 heavy (non-hydrogen) atoms. The van der Waals surface area contributed by atoms with Gasteiger partial charge in [-0.05, 0) is 36.8 Å². The summed E-state index contributed by atoms with van der Waals surface area (Å²) in [5.41, 5.74) is 4.20. The molecule has 0 aliphatic carbocycles. The summed E-state index contributed by atoms with van der Waals surface area (Å²) in [4.78, 5) is 4.80. The lowest BCUT2D eigenvalue weighted by atomic mass is 10.1. The Bertz CT molecular complexity index is 1120. The molecule has 4 aromatic rings. The lowest BCUT2D eigenvalue weighted by Crippen LogP contribution is -2.04. The van der Waals surface area contributed by atoms with E-state index in [0.29, 0.717) is 5.75 Å². The van der Waals surface area contributed by atoms with Crippen LogP contribution in [0, 0.1) is 6.92 Å². The maximum atomic E-state index is 12.8. The zero-order valence-electron chi connectivity index (χ0n) is 16.2. The second-order valence-electron chi connectivity index (χ2n) is 6.96. The number of rotatable bonds is 5. The highest BCUT2D eigenvalue weighted by Gasteiger charge is 2.29. The Kier molecular flexibility index (Phi) is 5.68. The minimum atomic E-state index is -4.32. The average Bonchev–Trinajstić information content (AvgIpc) is 3.17. The number of nitrogens with zero attached hydrogens (tertiary/aromatic N) is 2. The molecule has 4 rings (SSSR count). The van der Waals surface area contributed by atoms with Crippen molar-refractivity contribution in [1.82, 2.24) is 9.55 Å². The lowest BCUT2D eigenvalue weighted by Gasteiger charge is -2.09. The molecule has 0 spiro atoms. The first-order valence-corrected chi connectivity index (χ1v) is 10.4. The summed E-state index contributed by atoms with van der Waals surface area (Å²) in [7, 11) is 0. The number of hydrogen-bond donors (Lipinski definition) is 0. The van der Waals surface area contributed by atoms with Crippen LogP contribution in [0.5, 0.6) is 0 Å². The van der Waals surface area contributed by atoms with E-state index in [1.165, 1.54) is 29.5 Å². The van der Waals surface area contributed by atoms with Gasteiger partial charge in [-0.1, -0.05) is 71.9 Å². The number of halogens is 3. The maximum Gasteiger partial charge on any atom is 0.416 e. The maximum absolute atomic E-state index is 12.8. The molecule has 0 amide bonds. The van der Waals surface area contributed by atoms with Gasteiger partial charge in [0.05, 0.1) is 11.3 Å². The van der Waals surface area contributed by atoms with Crippen LogP contribution < -0.4 is 0 Å². The second-order valence-corrected chi connectivity index (χ2v) is 7.91. The van der Waals surface area contributed by atoms with Gasteiger partial charge < -0.3 is 0 Å². The fourth-order valence-electron chi connectivity index (χ4n) is 3.04. The van der Waals surface area contributed by atoms with Gasteiger partial charge in [-0.3, -0.25) is 4.57 Å². The largest absolute Gasteiger partial charge is 0.416 e. The van der Waals surface area contributed by atoms with Crippen LogP contribution in [0.2, 0.25) is 0 Å². The van der Waals surface area contributed by atoms with Crippen molar-refractivity contribution < 1.29 is 13.2 Å². The van der Waals surface area contributed by atoms with Gasteiger partial charge in [0, 0.05) is 23.2 Å². The topological polar surface area (TPSA) is 17.8 Å². The van der Waals surface area contributed by atoms with E-state index in [-0.39, 0.29) is 0 Å². The smallest absolute Gasteiger partial charge is 0.294 e. The first-order chi connectivity index (χ1) is 14.4. The molecule has 6 heteroatoms. The lowest BCUT2D eigenvalue weighted by molar-refractivity contribution is -0.137. The minimum Gasteiger partial charge on any atom is -0.294 e. The molecule has 152 valence electrons. The highest BCUT2D eigenvalue weighted by molar-refractivity contribution is 7.98. The Hall–Kier alpha value is -2.99. The molecule has 0 aliphatic heterocycles. The molecule has 2 nitrogen and oxygen atoms in total. The van der Waals surface area contributed by atoms with Gasteiger partial charge in [0.25, 0.3) is 0 Å². The van der Waals surface area contributed by atoms with E-state index in [0.717, 1.165) is 39.8 Å².